The molecule has 37 heavy (non-hydrogen) atoms. The number of carbonyl (C=O) groups excluding carboxylic acids is 1. The lowest BCUT2D eigenvalue weighted by molar-refractivity contribution is -0.384. The molecule has 0 saturated heterocycles. The van der Waals surface area contributed by atoms with E-state index >= 15 is 0 Å². The molecule has 0 aliphatic rings. The molecule has 0 unspecified atom stereocenters. The molecule has 0 aliphatic heterocycles. The average molecular weight is 523 g/mol. The van der Waals surface area contributed by atoms with Crippen molar-refractivity contribution in [3.63, 3.8) is 0 Å². The fourth-order valence-corrected chi connectivity index (χ4v) is 4.40. The third kappa shape index (κ3) is 5.28. The Hall–Kier alpha value is -4.71. The highest BCUT2D eigenvalue weighted by Crippen LogP contribution is 2.38. The molecule has 0 bridgehead atoms. The zero-order valence-electron chi connectivity index (χ0n) is 20.3. The number of hydrogen-bond acceptors (Lipinski definition) is 10. The van der Waals surface area contributed by atoms with E-state index in [2.05, 4.69) is 10.1 Å². The second-order valence-corrected chi connectivity index (χ2v) is 8.46. The van der Waals surface area contributed by atoms with E-state index in [4.69, 9.17) is 18.9 Å². The number of rotatable bonds is 9. The van der Waals surface area contributed by atoms with Crippen LogP contribution < -0.4 is 24.0 Å². The average Bonchev–Trinajstić information content (AvgIpc) is 3.35. The Labute approximate surface area is 215 Å². The van der Waals surface area contributed by atoms with Gasteiger partial charge in [-0.05, 0) is 42.5 Å². The zero-order chi connectivity index (χ0) is 26.5. The standard InChI is InChI=1S/C25H22N4O7S/c1-33-18-9-10-19-22(13-18)37-25(27-19)28(24(30)16-5-7-17(8-6-16)29(31)32)26-14-15-11-20(34-2)23(36-4)21(12-15)35-3/h5-14H,1-4H3/b26-14+. The minimum atomic E-state index is -0.532. The lowest BCUT2D eigenvalue weighted by Gasteiger charge is -2.15. The van der Waals surface area contributed by atoms with Gasteiger partial charge in [0.1, 0.15) is 5.75 Å². The van der Waals surface area contributed by atoms with Gasteiger partial charge in [-0.2, -0.15) is 10.1 Å². The summed E-state index contributed by atoms with van der Waals surface area (Å²) in [5.41, 5.74) is 1.30. The van der Waals surface area contributed by atoms with Crippen molar-refractivity contribution in [2.24, 2.45) is 5.10 Å². The minimum absolute atomic E-state index is 0.129. The maximum Gasteiger partial charge on any atom is 0.280 e. The molecule has 3 aromatic carbocycles. The predicted octanol–water partition coefficient (Wildman–Crippen LogP) is 4.92. The maximum absolute atomic E-state index is 13.5. The van der Waals surface area contributed by atoms with E-state index in [9.17, 15) is 14.9 Å². The van der Waals surface area contributed by atoms with E-state index in [1.54, 1.807) is 31.4 Å². The van der Waals surface area contributed by atoms with Gasteiger partial charge < -0.3 is 18.9 Å². The van der Waals surface area contributed by atoms with Crippen molar-refractivity contribution in [2.75, 3.05) is 33.4 Å². The number of fused-ring (bicyclic) bond motifs is 1. The molecule has 1 aromatic heterocycles. The predicted molar refractivity (Wildman–Crippen MR) is 140 cm³/mol. The molecule has 4 rings (SSSR count). The first-order valence-electron chi connectivity index (χ1n) is 10.8. The van der Waals surface area contributed by atoms with E-state index in [0.717, 1.165) is 9.71 Å². The van der Waals surface area contributed by atoms with Crippen LogP contribution in [0.15, 0.2) is 59.7 Å². The molecule has 190 valence electrons. The molecule has 0 aliphatic carbocycles. The summed E-state index contributed by atoms with van der Waals surface area (Å²) >= 11 is 1.25. The monoisotopic (exact) mass is 522 g/mol. The number of thiazole rings is 1. The smallest absolute Gasteiger partial charge is 0.280 e. The number of aromatic nitrogens is 1. The second-order valence-electron chi connectivity index (χ2n) is 7.45. The van der Waals surface area contributed by atoms with Crippen molar-refractivity contribution in [1.29, 1.82) is 0 Å². The van der Waals surface area contributed by atoms with E-state index in [1.165, 1.54) is 63.1 Å². The van der Waals surface area contributed by atoms with Gasteiger partial charge in [0, 0.05) is 23.3 Å². The quantitative estimate of drug-likeness (QED) is 0.172. The largest absolute Gasteiger partial charge is 0.497 e. The van der Waals surface area contributed by atoms with Crippen LogP contribution in [-0.4, -0.2) is 50.5 Å². The third-order valence-corrected chi connectivity index (χ3v) is 6.29. The molecule has 0 atom stereocenters. The number of nitro groups is 1. The van der Waals surface area contributed by atoms with Gasteiger partial charge in [0.2, 0.25) is 10.9 Å². The van der Waals surface area contributed by atoms with Crippen molar-refractivity contribution in [3.05, 3.63) is 75.8 Å². The Kier molecular flexibility index (Phi) is 7.49. The number of ether oxygens (including phenoxy) is 4. The Bertz CT molecular complexity index is 1460. The molecule has 0 spiro atoms. The highest BCUT2D eigenvalue weighted by molar-refractivity contribution is 7.22. The number of amides is 1. The van der Waals surface area contributed by atoms with Gasteiger partial charge >= 0.3 is 0 Å². The first-order chi connectivity index (χ1) is 17.9. The first kappa shape index (κ1) is 25.4. The summed E-state index contributed by atoms with van der Waals surface area (Å²) in [7, 11) is 6.06. The van der Waals surface area contributed by atoms with Crippen LogP contribution in [-0.2, 0) is 0 Å². The molecule has 12 heteroatoms. The fourth-order valence-electron chi connectivity index (χ4n) is 3.45. The van der Waals surface area contributed by atoms with Crippen LogP contribution in [0.2, 0.25) is 0 Å². The summed E-state index contributed by atoms with van der Waals surface area (Å²) in [4.78, 5) is 28.6. The molecule has 1 amide bonds. The lowest BCUT2D eigenvalue weighted by Crippen LogP contribution is -2.25. The van der Waals surface area contributed by atoms with Crippen LogP contribution in [0.5, 0.6) is 23.0 Å². The Balaban J connectivity index is 1.78. The van der Waals surface area contributed by atoms with Crippen LogP contribution in [0.25, 0.3) is 10.2 Å². The normalized spacial score (nSPS) is 10.9. The summed E-state index contributed by atoms with van der Waals surface area (Å²) in [5.74, 6) is 1.38. The van der Waals surface area contributed by atoms with Gasteiger partial charge in [-0.1, -0.05) is 11.3 Å². The van der Waals surface area contributed by atoms with Gasteiger partial charge in [-0.15, -0.1) is 0 Å². The van der Waals surface area contributed by atoms with Crippen LogP contribution in [0, 0.1) is 10.1 Å². The van der Waals surface area contributed by atoms with E-state index in [0.29, 0.717) is 39.2 Å². The third-order valence-electron chi connectivity index (χ3n) is 5.29. The number of non-ortho nitro benzene ring substituents is 1. The highest BCUT2D eigenvalue weighted by atomic mass is 32.1. The van der Waals surface area contributed by atoms with Gasteiger partial charge in [0.15, 0.2) is 11.5 Å². The van der Waals surface area contributed by atoms with Crippen molar-refractivity contribution >= 4 is 44.5 Å². The molecule has 11 nitrogen and oxygen atoms in total. The van der Waals surface area contributed by atoms with Crippen LogP contribution in [0.3, 0.4) is 0 Å². The topological polar surface area (TPSA) is 126 Å². The molecule has 4 aromatic rings. The number of hydrogen-bond donors (Lipinski definition) is 0. The fraction of sp³-hybridized carbons (Fsp3) is 0.160. The van der Waals surface area contributed by atoms with E-state index < -0.39 is 10.8 Å². The van der Waals surface area contributed by atoms with E-state index in [-0.39, 0.29) is 11.3 Å². The second kappa shape index (κ2) is 10.9. The lowest BCUT2D eigenvalue weighted by atomic mass is 10.2. The van der Waals surface area contributed by atoms with Crippen LogP contribution >= 0.6 is 11.3 Å². The molecule has 0 N–H and O–H groups in total. The number of nitro benzene ring substituents is 1. The van der Waals surface area contributed by atoms with Crippen molar-refractivity contribution in [2.45, 2.75) is 0 Å². The number of carbonyl (C=O) groups is 1. The number of nitrogens with zero attached hydrogens (tertiary/aromatic N) is 4. The Morgan fingerprint density at radius 1 is 0.973 bits per heavy atom. The minimum Gasteiger partial charge on any atom is -0.497 e. The first-order valence-corrected chi connectivity index (χ1v) is 11.6. The van der Waals surface area contributed by atoms with Gasteiger partial charge in [-0.25, -0.2) is 4.98 Å². The molecule has 0 fully saturated rings. The van der Waals surface area contributed by atoms with Gasteiger partial charge in [-0.3, -0.25) is 14.9 Å². The summed E-state index contributed by atoms with van der Waals surface area (Å²) in [5, 5.41) is 16.9. The SMILES string of the molecule is COc1ccc2nc(N(/N=C/c3cc(OC)c(OC)c(OC)c3)C(=O)c3ccc([N+](=O)[O-])cc3)sc2c1. The van der Waals surface area contributed by atoms with Crippen molar-refractivity contribution in [3.8, 4) is 23.0 Å². The number of methoxy groups -OCH3 is 4. The van der Waals surface area contributed by atoms with Crippen molar-refractivity contribution in [1.82, 2.24) is 4.98 Å². The molecule has 1 heterocycles. The summed E-state index contributed by atoms with van der Waals surface area (Å²) in [6, 6.07) is 14.0. The molecular formula is C25H22N4O7S. The maximum atomic E-state index is 13.5. The zero-order valence-corrected chi connectivity index (χ0v) is 21.1. The molecule has 0 radical (unpaired) electrons. The number of benzene rings is 3. The van der Waals surface area contributed by atoms with Crippen LogP contribution in [0.1, 0.15) is 15.9 Å². The van der Waals surface area contributed by atoms with Crippen molar-refractivity contribution < 1.29 is 28.7 Å². The van der Waals surface area contributed by atoms with Crippen LogP contribution in [0.4, 0.5) is 10.8 Å². The summed E-state index contributed by atoms with van der Waals surface area (Å²) < 4.78 is 22.2. The Morgan fingerprint density at radius 3 is 2.22 bits per heavy atom. The summed E-state index contributed by atoms with van der Waals surface area (Å²) in [6.45, 7) is 0. The number of anilines is 1. The Morgan fingerprint density at radius 2 is 1.65 bits per heavy atom. The van der Waals surface area contributed by atoms with E-state index in [1.807, 2.05) is 6.07 Å². The molecular weight excluding hydrogens is 500 g/mol. The summed E-state index contributed by atoms with van der Waals surface area (Å²) in [6.07, 6.45) is 1.46. The van der Waals surface area contributed by atoms with Gasteiger partial charge in [0.25, 0.3) is 11.6 Å². The number of hydrazone groups is 1. The molecule has 0 saturated carbocycles. The highest BCUT2D eigenvalue weighted by Gasteiger charge is 2.22. The van der Waals surface area contributed by atoms with Gasteiger partial charge in [0.05, 0.1) is 49.8 Å².